The van der Waals surface area contributed by atoms with Crippen LogP contribution in [0.2, 0.25) is 0 Å². The minimum absolute atomic E-state index is 0.0885. The van der Waals surface area contributed by atoms with Crippen molar-refractivity contribution in [3.8, 4) is 5.75 Å². The van der Waals surface area contributed by atoms with Crippen LogP contribution in [0.25, 0.3) is 0 Å². The Morgan fingerprint density at radius 1 is 1.14 bits per heavy atom. The zero-order valence-corrected chi connectivity index (χ0v) is 16.8. The number of nitrogens with zero attached hydrogens (tertiary/aromatic N) is 1. The van der Waals surface area contributed by atoms with E-state index in [1.54, 1.807) is 4.90 Å². The first-order valence-electron chi connectivity index (χ1n) is 9.42. The van der Waals surface area contributed by atoms with Crippen molar-refractivity contribution in [2.45, 2.75) is 30.6 Å². The fourth-order valence-corrected chi connectivity index (χ4v) is 4.18. The lowest BCUT2D eigenvalue weighted by molar-refractivity contribution is 0.0683. The summed E-state index contributed by atoms with van der Waals surface area (Å²) < 4.78 is 28.5. The Bertz CT molecular complexity index is 921. The molecule has 1 aliphatic rings. The Kier molecular flexibility index (Phi) is 6.36. The first kappa shape index (κ1) is 20.4. The van der Waals surface area contributed by atoms with Gasteiger partial charge in [-0.2, -0.15) is 0 Å². The average Bonchev–Trinajstić information content (AvgIpc) is 2.71. The van der Waals surface area contributed by atoms with Gasteiger partial charge in [-0.1, -0.05) is 30.3 Å². The van der Waals surface area contributed by atoms with E-state index in [-0.39, 0.29) is 16.4 Å². The Labute approximate surface area is 166 Å². The molecule has 0 saturated carbocycles. The molecule has 1 aliphatic heterocycles. The summed E-state index contributed by atoms with van der Waals surface area (Å²) in [6, 6.07) is 14.5. The molecule has 0 spiro atoms. The molecule has 0 radical (unpaired) electrons. The van der Waals surface area contributed by atoms with E-state index in [9.17, 15) is 13.2 Å². The van der Waals surface area contributed by atoms with Crippen LogP contribution in [0.1, 0.15) is 35.2 Å². The molecule has 7 heteroatoms. The van der Waals surface area contributed by atoms with Crippen molar-refractivity contribution in [2.75, 3.05) is 20.2 Å². The minimum atomic E-state index is -3.88. The first-order valence-corrected chi connectivity index (χ1v) is 11.0. The number of piperidine rings is 1. The molecule has 1 saturated heterocycles. The summed E-state index contributed by atoms with van der Waals surface area (Å²) in [5, 5.41) is 5.20. The highest BCUT2D eigenvalue weighted by Gasteiger charge is 2.26. The molecule has 1 fully saturated rings. The second-order valence-corrected chi connectivity index (χ2v) is 8.73. The minimum Gasteiger partial charge on any atom is -0.496 e. The molecule has 150 valence electrons. The Balaban J connectivity index is 1.63. The third-order valence-electron chi connectivity index (χ3n) is 5.32. The molecule has 1 amide bonds. The number of methoxy groups -OCH3 is 1. The molecule has 0 aromatic heterocycles. The van der Waals surface area contributed by atoms with Crippen molar-refractivity contribution in [1.29, 1.82) is 0 Å². The first-order chi connectivity index (χ1) is 13.4. The summed E-state index contributed by atoms with van der Waals surface area (Å²) >= 11 is 0. The van der Waals surface area contributed by atoms with Gasteiger partial charge in [0, 0.05) is 13.1 Å². The molecule has 6 nitrogen and oxygen atoms in total. The molecule has 2 aromatic carbocycles. The van der Waals surface area contributed by atoms with Gasteiger partial charge in [0.2, 0.25) is 10.0 Å². The lowest BCUT2D eigenvalue weighted by Gasteiger charge is -2.32. The van der Waals surface area contributed by atoms with E-state index >= 15 is 0 Å². The summed E-state index contributed by atoms with van der Waals surface area (Å²) in [7, 11) is -2.43. The molecule has 0 bridgehead atoms. The number of rotatable bonds is 6. The summed E-state index contributed by atoms with van der Waals surface area (Å²) in [6.07, 6.45) is 4.03. The number of amides is 1. The number of hydrogen-bond acceptors (Lipinski definition) is 4. The highest BCUT2D eigenvalue weighted by atomic mass is 32.2. The molecular weight excluding hydrogens is 376 g/mol. The van der Waals surface area contributed by atoms with Gasteiger partial charge in [0.25, 0.3) is 5.91 Å². The van der Waals surface area contributed by atoms with Crippen LogP contribution >= 0.6 is 0 Å². The SMILES string of the molecule is COc1ccc(S(N)(=O)=O)cc1C(=O)N1CCC(CCc2ccccc2)CC1. The summed E-state index contributed by atoms with van der Waals surface area (Å²) in [5.41, 5.74) is 1.57. The summed E-state index contributed by atoms with van der Waals surface area (Å²) in [6.45, 7) is 1.31. The topological polar surface area (TPSA) is 89.7 Å². The Morgan fingerprint density at radius 3 is 2.43 bits per heavy atom. The molecule has 0 atom stereocenters. The number of carbonyl (C=O) groups excluding carboxylic acids is 1. The number of aryl methyl sites for hydroxylation is 1. The van der Waals surface area contributed by atoms with Crippen LogP contribution in [0.15, 0.2) is 53.4 Å². The Morgan fingerprint density at radius 2 is 1.82 bits per heavy atom. The van der Waals surface area contributed by atoms with Crippen LogP contribution in [-0.4, -0.2) is 39.4 Å². The van der Waals surface area contributed by atoms with Crippen LogP contribution in [0.3, 0.4) is 0 Å². The van der Waals surface area contributed by atoms with E-state index in [0.717, 1.165) is 25.7 Å². The molecule has 0 unspecified atom stereocenters. The van der Waals surface area contributed by atoms with E-state index in [1.165, 1.54) is 30.9 Å². The smallest absolute Gasteiger partial charge is 0.257 e. The zero-order chi connectivity index (χ0) is 20.1. The molecule has 28 heavy (non-hydrogen) atoms. The van der Waals surface area contributed by atoms with Crippen LogP contribution in [-0.2, 0) is 16.4 Å². The van der Waals surface area contributed by atoms with Crippen molar-refractivity contribution >= 4 is 15.9 Å². The maximum atomic E-state index is 13.0. The average molecular weight is 403 g/mol. The lowest BCUT2D eigenvalue weighted by atomic mass is 9.90. The molecule has 2 aromatic rings. The third-order valence-corrected chi connectivity index (χ3v) is 6.23. The number of ether oxygens (including phenoxy) is 1. The number of benzene rings is 2. The third kappa shape index (κ3) is 4.91. The highest BCUT2D eigenvalue weighted by molar-refractivity contribution is 7.89. The number of likely N-dealkylation sites (tertiary alicyclic amines) is 1. The van der Waals surface area contributed by atoms with Gasteiger partial charge in [-0.25, -0.2) is 13.6 Å². The zero-order valence-electron chi connectivity index (χ0n) is 16.0. The van der Waals surface area contributed by atoms with Crippen molar-refractivity contribution in [3.05, 3.63) is 59.7 Å². The van der Waals surface area contributed by atoms with Gasteiger partial charge in [0.1, 0.15) is 5.75 Å². The van der Waals surface area contributed by atoms with Gasteiger partial charge in [-0.05, 0) is 55.4 Å². The van der Waals surface area contributed by atoms with E-state index in [4.69, 9.17) is 9.88 Å². The molecule has 2 N–H and O–H groups in total. The lowest BCUT2D eigenvalue weighted by Crippen LogP contribution is -2.38. The quantitative estimate of drug-likeness (QED) is 0.804. The summed E-state index contributed by atoms with van der Waals surface area (Å²) in [4.78, 5) is 14.6. The van der Waals surface area contributed by atoms with Crippen LogP contribution in [0.4, 0.5) is 0 Å². The number of primary sulfonamides is 1. The summed E-state index contributed by atoms with van der Waals surface area (Å²) in [5.74, 6) is 0.717. The number of sulfonamides is 1. The van der Waals surface area contributed by atoms with Gasteiger partial charge in [-0.15, -0.1) is 0 Å². The van der Waals surface area contributed by atoms with Gasteiger partial charge < -0.3 is 9.64 Å². The largest absolute Gasteiger partial charge is 0.496 e. The van der Waals surface area contributed by atoms with Crippen LogP contribution < -0.4 is 9.88 Å². The van der Waals surface area contributed by atoms with Gasteiger partial charge in [0.05, 0.1) is 17.6 Å². The number of nitrogens with two attached hydrogens (primary N) is 1. The van der Waals surface area contributed by atoms with Crippen molar-refractivity contribution in [3.63, 3.8) is 0 Å². The van der Waals surface area contributed by atoms with Crippen LogP contribution in [0, 0.1) is 5.92 Å². The van der Waals surface area contributed by atoms with Gasteiger partial charge >= 0.3 is 0 Å². The predicted molar refractivity (Wildman–Crippen MR) is 108 cm³/mol. The standard InChI is InChI=1S/C21H26N2O4S/c1-27-20-10-9-18(28(22,25)26)15-19(20)21(24)23-13-11-17(12-14-23)8-7-16-5-3-2-4-6-16/h2-6,9-10,15,17H,7-8,11-14H2,1H3,(H2,22,25,26). The second kappa shape index (κ2) is 8.75. The normalized spacial score (nSPS) is 15.4. The van der Waals surface area contributed by atoms with E-state index in [1.807, 2.05) is 6.07 Å². The highest BCUT2D eigenvalue weighted by Crippen LogP contribution is 2.27. The van der Waals surface area contributed by atoms with E-state index < -0.39 is 10.0 Å². The number of hydrogen-bond donors (Lipinski definition) is 1. The molecule has 1 heterocycles. The molecule has 0 aliphatic carbocycles. The number of carbonyl (C=O) groups is 1. The maximum Gasteiger partial charge on any atom is 0.257 e. The van der Waals surface area contributed by atoms with Crippen LogP contribution in [0.5, 0.6) is 5.75 Å². The van der Waals surface area contributed by atoms with Gasteiger partial charge in [-0.3, -0.25) is 4.79 Å². The van der Waals surface area contributed by atoms with Crippen molar-refractivity contribution in [1.82, 2.24) is 4.90 Å². The van der Waals surface area contributed by atoms with Gasteiger partial charge in [0.15, 0.2) is 0 Å². The predicted octanol–water partition coefficient (Wildman–Crippen LogP) is 2.83. The van der Waals surface area contributed by atoms with E-state index in [2.05, 4.69) is 24.3 Å². The Hall–Kier alpha value is -2.38. The fourth-order valence-electron chi connectivity index (χ4n) is 3.64. The molecule has 3 rings (SSSR count). The molecular formula is C21H26N2O4S. The van der Waals surface area contributed by atoms with E-state index in [0.29, 0.717) is 24.8 Å². The maximum absolute atomic E-state index is 13.0. The van der Waals surface area contributed by atoms with Crippen molar-refractivity contribution in [2.24, 2.45) is 11.1 Å². The fraction of sp³-hybridized carbons (Fsp3) is 0.381. The second-order valence-electron chi connectivity index (χ2n) is 7.17. The monoisotopic (exact) mass is 402 g/mol. The van der Waals surface area contributed by atoms with Crippen molar-refractivity contribution < 1.29 is 17.9 Å².